The van der Waals surface area contributed by atoms with Gasteiger partial charge in [-0.25, -0.2) is 0 Å². The summed E-state index contributed by atoms with van der Waals surface area (Å²) < 4.78 is 0. The van der Waals surface area contributed by atoms with E-state index in [1.807, 2.05) is 0 Å². The molecule has 1 unspecified atom stereocenters. The summed E-state index contributed by atoms with van der Waals surface area (Å²) in [6.07, 6.45) is 8.68. The zero-order chi connectivity index (χ0) is 10.8. The highest BCUT2D eigenvalue weighted by molar-refractivity contribution is 5.84. The van der Waals surface area contributed by atoms with Crippen LogP contribution in [0.1, 0.15) is 52.4 Å². The average Bonchev–Trinajstić information content (AvgIpc) is 2.34. The molecule has 1 nitrogen and oxygen atoms in total. The Morgan fingerprint density at radius 2 is 2.00 bits per heavy atom. The molecule has 0 aliphatic heterocycles. The molecule has 0 fully saturated rings. The first kappa shape index (κ1) is 10.7. The van der Waals surface area contributed by atoms with Crippen LogP contribution in [-0.2, 0) is 4.79 Å². The maximum atomic E-state index is 12.0. The van der Waals surface area contributed by atoms with E-state index < -0.39 is 0 Å². The molecule has 0 N–H and O–H groups in total. The molecule has 0 aromatic rings. The molecule has 0 aromatic heterocycles. The van der Waals surface area contributed by atoms with Gasteiger partial charge in [-0.05, 0) is 57.1 Å². The second-order valence-corrected chi connectivity index (χ2v) is 4.84. The number of carbonyl (C=O) groups is 1. The Balaban J connectivity index is 2.43. The maximum Gasteiger partial charge on any atom is 0.140 e. The summed E-state index contributed by atoms with van der Waals surface area (Å²) in [4.78, 5) is 12.0. The average molecular weight is 204 g/mol. The van der Waals surface area contributed by atoms with Crippen LogP contribution in [0.25, 0.3) is 0 Å². The van der Waals surface area contributed by atoms with Crippen LogP contribution in [0.15, 0.2) is 22.8 Å². The summed E-state index contributed by atoms with van der Waals surface area (Å²) in [6.45, 7) is 4.35. The Morgan fingerprint density at radius 1 is 1.20 bits per heavy atom. The van der Waals surface area contributed by atoms with Crippen LogP contribution >= 0.6 is 0 Å². The van der Waals surface area contributed by atoms with E-state index in [1.165, 1.54) is 29.6 Å². The molecule has 0 spiro atoms. The van der Waals surface area contributed by atoms with Crippen LogP contribution in [0.2, 0.25) is 0 Å². The Kier molecular flexibility index (Phi) is 3.08. The Labute approximate surface area is 92.3 Å². The predicted octanol–water partition coefficient (Wildman–Crippen LogP) is 3.80. The number of ketones is 1. The molecule has 2 rings (SSSR count). The van der Waals surface area contributed by atoms with Gasteiger partial charge in [0.15, 0.2) is 0 Å². The first-order chi connectivity index (χ1) is 7.20. The second kappa shape index (κ2) is 4.34. The van der Waals surface area contributed by atoms with Crippen LogP contribution in [0.5, 0.6) is 0 Å². The van der Waals surface area contributed by atoms with Crippen LogP contribution in [-0.4, -0.2) is 5.78 Å². The zero-order valence-corrected chi connectivity index (χ0v) is 9.81. The number of hydrogen-bond acceptors (Lipinski definition) is 1. The fourth-order valence-electron chi connectivity index (χ4n) is 2.80. The quantitative estimate of drug-likeness (QED) is 0.586. The van der Waals surface area contributed by atoms with Crippen molar-refractivity contribution in [2.75, 3.05) is 0 Å². The van der Waals surface area contributed by atoms with Gasteiger partial charge in [-0.2, -0.15) is 0 Å². The molecule has 1 atom stereocenters. The van der Waals surface area contributed by atoms with Crippen LogP contribution < -0.4 is 0 Å². The van der Waals surface area contributed by atoms with Gasteiger partial charge in [0.2, 0.25) is 0 Å². The van der Waals surface area contributed by atoms with Crippen LogP contribution in [0.4, 0.5) is 0 Å². The van der Waals surface area contributed by atoms with E-state index in [2.05, 4.69) is 19.9 Å². The molecule has 1 heteroatoms. The van der Waals surface area contributed by atoms with Crippen molar-refractivity contribution in [3.8, 4) is 0 Å². The molecule has 0 radical (unpaired) electrons. The third-order valence-electron chi connectivity index (χ3n) is 3.94. The molecule has 0 amide bonds. The Bertz CT molecular complexity index is 333. The standard InChI is InChI=1S/C14H20O/c1-10-11(2)13-8-5-7-12(10)6-3-4-9-14(13)15/h6,13H,3-5,7-9H2,1-2H3/b12-6+. The lowest BCUT2D eigenvalue weighted by molar-refractivity contribution is -0.122. The van der Waals surface area contributed by atoms with Crippen molar-refractivity contribution < 1.29 is 4.79 Å². The van der Waals surface area contributed by atoms with E-state index in [1.54, 1.807) is 0 Å². The molecule has 0 saturated carbocycles. The minimum Gasteiger partial charge on any atom is -0.299 e. The topological polar surface area (TPSA) is 17.1 Å². The lowest BCUT2D eigenvalue weighted by Crippen LogP contribution is -2.15. The van der Waals surface area contributed by atoms with Gasteiger partial charge in [-0.15, -0.1) is 0 Å². The van der Waals surface area contributed by atoms with Crippen molar-refractivity contribution in [2.45, 2.75) is 52.4 Å². The highest BCUT2D eigenvalue weighted by Gasteiger charge is 2.25. The van der Waals surface area contributed by atoms with Gasteiger partial charge in [-0.3, -0.25) is 4.79 Å². The van der Waals surface area contributed by atoms with Gasteiger partial charge in [0.05, 0.1) is 0 Å². The van der Waals surface area contributed by atoms with Crippen molar-refractivity contribution >= 4 is 5.78 Å². The van der Waals surface area contributed by atoms with E-state index in [4.69, 9.17) is 0 Å². The third kappa shape index (κ3) is 2.06. The second-order valence-electron chi connectivity index (χ2n) is 4.84. The van der Waals surface area contributed by atoms with Gasteiger partial charge >= 0.3 is 0 Å². The molecular weight excluding hydrogens is 184 g/mol. The molecular formula is C14H20O. The van der Waals surface area contributed by atoms with E-state index in [9.17, 15) is 4.79 Å². The molecule has 0 aromatic carbocycles. The number of allylic oxidation sites excluding steroid dienone is 4. The molecule has 2 aliphatic carbocycles. The highest BCUT2D eigenvalue weighted by atomic mass is 16.1. The monoisotopic (exact) mass is 204 g/mol. The van der Waals surface area contributed by atoms with E-state index in [0.717, 1.165) is 25.7 Å². The van der Waals surface area contributed by atoms with Crippen molar-refractivity contribution in [3.05, 3.63) is 22.8 Å². The molecule has 2 aliphatic rings. The fourth-order valence-corrected chi connectivity index (χ4v) is 2.80. The van der Waals surface area contributed by atoms with Gasteiger partial charge in [0, 0.05) is 12.3 Å². The summed E-state index contributed by atoms with van der Waals surface area (Å²) in [5, 5.41) is 0. The number of hydrogen-bond donors (Lipinski definition) is 0. The predicted molar refractivity (Wildman–Crippen MR) is 62.7 cm³/mol. The van der Waals surface area contributed by atoms with Crippen LogP contribution in [0.3, 0.4) is 0 Å². The smallest absolute Gasteiger partial charge is 0.140 e. The molecule has 82 valence electrons. The van der Waals surface area contributed by atoms with E-state index in [-0.39, 0.29) is 5.92 Å². The minimum absolute atomic E-state index is 0.231. The third-order valence-corrected chi connectivity index (χ3v) is 3.94. The number of Topliss-reactive ketones (excluding diaryl/α,β-unsaturated/α-hetero) is 1. The Hall–Kier alpha value is -0.850. The summed E-state index contributed by atoms with van der Waals surface area (Å²) in [7, 11) is 0. The summed E-state index contributed by atoms with van der Waals surface area (Å²) >= 11 is 0. The lowest BCUT2D eigenvalue weighted by atomic mass is 9.88. The van der Waals surface area contributed by atoms with Crippen molar-refractivity contribution in [2.24, 2.45) is 5.92 Å². The largest absolute Gasteiger partial charge is 0.299 e. The normalized spacial score (nSPS) is 31.5. The molecule has 2 bridgehead atoms. The van der Waals surface area contributed by atoms with Gasteiger partial charge < -0.3 is 0 Å². The van der Waals surface area contributed by atoms with Gasteiger partial charge in [-0.1, -0.05) is 11.6 Å². The summed E-state index contributed by atoms with van der Waals surface area (Å²) in [5.74, 6) is 0.706. The molecule has 0 saturated heterocycles. The number of carbonyl (C=O) groups excluding carboxylic acids is 1. The van der Waals surface area contributed by atoms with Crippen molar-refractivity contribution in [1.82, 2.24) is 0 Å². The van der Waals surface area contributed by atoms with Gasteiger partial charge in [0.25, 0.3) is 0 Å². The maximum absolute atomic E-state index is 12.0. The van der Waals surface area contributed by atoms with Crippen molar-refractivity contribution in [3.63, 3.8) is 0 Å². The Morgan fingerprint density at radius 3 is 2.80 bits per heavy atom. The first-order valence-electron chi connectivity index (χ1n) is 6.09. The minimum atomic E-state index is 0.231. The molecule has 15 heavy (non-hydrogen) atoms. The van der Waals surface area contributed by atoms with Crippen molar-refractivity contribution in [1.29, 1.82) is 0 Å². The van der Waals surface area contributed by atoms with Crippen LogP contribution in [0, 0.1) is 5.92 Å². The lowest BCUT2D eigenvalue weighted by Gasteiger charge is -2.15. The summed E-state index contributed by atoms with van der Waals surface area (Å²) in [5.41, 5.74) is 4.24. The zero-order valence-electron chi connectivity index (χ0n) is 9.81. The summed E-state index contributed by atoms with van der Waals surface area (Å²) in [6, 6.07) is 0. The van der Waals surface area contributed by atoms with E-state index in [0.29, 0.717) is 5.78 Å². The number of fused-ring (bicyclic) bond motifs is 2. The SMILES string of the molecule is CC1=C(C)C2CCC/C1=C\CCCC2=O. The van der Waals surface area contributed by atoms with Gasteiger partial charge in [0.1, 0.15) is 5.78 Å². The fraction of sp³-hybridized carbons (Fsp3) is 0.643. The van der Waals surface area contributed by atoms with E-state index >= 15 is 0 Å². The number of rotatable bonds is 0. The first-order valence-corrected chi connectivity index (χ1v) is 6.09. The molecule has 0 heterocycles. The highest BCUT2D eigenvalue weighted by Crippen LogP contribution is 2.34.